The van der Waals surface area contributed by atoms with Gasteiger partial charge >= 0.3 is 0 Å². The van der Waals surface area contributed by atoms with Crippen molar-refractivity contribution in [3.05, 3.63) is 33.9 Å². The van der Waals surface area contributed by atoms with Gasteiger partial charge in [0.15, 0.2) is 0 Å². The summed E-state index contributed by atoms with van der Waals surface area (Å²) in [5, 5.41) is 13.5. The van der Waals surface area contributed by atoms with E-state index in [9.17, 15) is 14.9 Å². The molecule has 3 N–H and O–H groups in total. The minimum Gasteiger partial charge on any atom is -0.399 e. The third-order valence-corrected chi connectivity index (χ3v) is 3.26. The van der Waals surface area contributed by atoms with E-state index in [0.29, 0.717) is 25.3 Å². The molecule has 2 rings (SSSR count). The average Bonchev–Trinajstić information content (AvgIpc) is 3.26. The van der Waals surface area contributed by atoms with Crippen LogP contribution >= 0.6 is 0 Å². The van der Waals surface area contributed by atoms with Crippen molar-refractivity contribution in [2.75, 3.05) is 25.5 Å². The molecule has 7 heteroatoms. The highest BCUT2D eigenvalue weighted by atomic mass is 16.6. The number of nitro groups is 1. The van der Waals surface area contributed by atoms with Crippen LogP contribution in [0.5, 0.6) is 0 Å². The van der Waals surface area contributed by atoms with Crippen LogP contribution in [0.1, 0.15) is 29.6 Å². The van der Waals surface area contributed by atoms with Crippen molar-refractivity contribution in [1.29, 1.82) is 0 Å². The number of carbonyl (C=O) groups is 1. The Morgan fingerprint density at radius 1 is 1.48 bits per heavy atom. The first-order valence-corrected chi connectivity index (χ1v) is 6.98. The van der Waals surface area contributed by atoms with Crippen molar-refractivity contribution in [1.82, 2.24) is 5.32 Å². The molecule has 0 radical (unpaired) electrons. The van der Waals surface area contributed by atoms with E-state index in [4.69, 9.17) is 10.5 Å². The number of hydrogen-bond donors (Lipinski definition) is 2. The summed E-state index contributed by atoms with van der Waals surface area (Å²) in [6, 6.07) is 3.96. The fourth-order valence-corrected chi connectivity index (χ4v) is 1.90. The standard InChI is InChI=1S/C14H19N3O4/c15-11-4-5-13(17(19)20)12(8-11)14(18)16-6-1-7-21-9-10-2-3-10/h4-5,8,10H,1-3,6-7,9,15H2,(H,16,18). The summed E-state index contributed by atoms with van der Waals surface area (Å²) in [5.41, 5.74) is 5.63. The summed E-state index contributed by atoms with van der Waals surface area (Å²) in [7, 11) is 0. The van der Waals surface area contributed by atoms with Gasteiger partial charge in [-0.05, 0) is 37.3 Å². The fourth-order valence-electron chi connectivity index (χ4n) is 1.90. The van der Waals surface area contributed by atoms with Crippen LogP contribution in [-0.2, 0) is 4.74 Å². The average molecular weight is 293 g/mol. The molecule has 0 saturated heterocycles. The molecule has 21 heavy (non-hydrogen) atoms. The summed E-state index contributed by atoms with van der Waals surface area (Å²) in [6.07, 6.45) is 3.17. The van der Waals surface area contributed by atoms with Gasteiger partial charge in [0.1, 0.15) is 5.56 Å². The van der Waals surface area contributed by atoms with Gasteiger partial charge in [0.2, 0.25) is 0 Å². The molecule has 1 saturated carbocycles. The number of carbonyl (C=O) groups excluding carboxylic acids is 1. The van der Waals surface area contributed by atoms with Crippen molar-refractivity contribution < 1.29 is 14.5 Å². The zero-order valence-corrected chi connectivity index (χ0v) is 11.7. The second kappa shape index (κ2) is 7.03. The van der Waals surface area contributed by atoms with E-state index in [-0.39, 0.29) is 11.3 Å². The second-order valence-corrected chi connectivity index (χ2v) is 5.16. The zero-order chi connectivity index (χ0) is 15.2. The number of nitrogen functional groups attached to an aromatic ring is 1. The van der Waals surface area contributed by atoms with E-state index in [2.05, 4.69) is 5.32 Å². The lowest BCUT2D eigenvalue weighted by Crippen LogP contribution is -2.26. The SMILES string of the molecule is Nc1ccc([N+](=O)[O-])c(C(=O)NCCCOCC2CC2)c1. The van der Waals surface area contributed by atoms with Crippen molar-refractivity contribution in [2.24, 2.45) is 5.92 Å². The Bertz CT molecular complexity index is 529. The normalized spacial score (nSPS) is 13.9. The van der Waals surface area contributed by atoms with E-state index in [0.717, 1.165) is 12.5 Å². The van der Waals surface area contributed by atoms with Gasteiger partial charge in [0.25, 0.3) is 11.6 Å². The van der Waals surface area contributed by atoms with Crippen LogP contribution < -0.4 is 11.1 Å². The largest absolute Gasteiger partial charge is 0.399 e. The Kier molecular flexibility index (Phi) is 5.10. The van der Waals surface area contributed by atoms with Gasteiger partial charge in [-0.1, -0.05) is 0 Å². The highest BCUT2D eigenvalue weighted by molar-refractivity contribution is 5.99. The maximum atomic E-state index is 12.0. The first-order valence-electron chi connectivity index (χ1n) is 6.98. The molecule has 0 bridgehead atoms. The molecule has 0 spiro atoms. The number of benzene rings is 1. The number of hydrogen-bond acceptors (Lipinski definition) is 5. The second-order valence-electron chi connectivity index (χ2n) is 5.16. The van der Waals surface area contributed by atoms with Gasteiger partial charge in [-0.25, -0.2) is 0 Å². The molecular formula is C14H19N3O4. The third-order valence-electron chi connectivity index (χ3n) is 3.26. The number of nitro benzene ring substituents is 1. The topological polar surface area (TPSA) is 107 Å². The number of anilines is 1. The van der Waals surface area contributed by atoms with Crippen LogP contribution in [0, 0.1) is 16.0 Å². The third kappa shape index (κ3) is 4.71. The van der Waals surface area contributed by atoms with Crippen molar-refractivity contribution in [3.8, 4) is 0 Å². The molecule has 1 aromatic rings. The Labute approximate surface area is 122 Å². The number of ether oxygens (including phenoxy) is 1. The fraction of sp³-hybridized carbons (Fsp3) is 0.500. The molecule has 0 heterocycles. The molecule has 1 aromatic carbocycles. The summed E-state index contributed by atoms with van der Waals surface area (Å²) in [4.78, 5) is 22.3. The minimum absolute atomic E-state index is 0.0149. The van der Waals surface area contributed by atoms with E-state index < -0.39 is 10.8 Å². The lowest BCUT2D eigenvalue weighted by atomic mass is 10.1. The van der Waals surface area contributed by atoms with Crippen molar-refractivity contribution >= 4 is 17.3 Å². The molecule has 0 unspecified atom stereocenters. The Hall–Kier alpha value is -2.15. The molecule has 7 nitrogen and oxygen atoms in total. The lowest BCUT2D eigenvalue weighted by Gasteiger charge is -2.07. The summed E-state index contributed by atoms with van der Waals surface area (Å²) in [5.74, 6) is 0.228. The number of amides is 1. The van der Waals surface area contributed by atoms with Gasteiger partial charge in [0.05, 0.1) is 4.92 Å². The predicted octanol–water partition coefficient (Wildman–Crippen LogP) is 1.72. The van der Waals surface area contributed by atoms with E-state index >= 15 is 0 Å². The lowest BCUT2D eigenvalue weighted by molar-refractivity contribution is -0.385. The monoisotopic (exact) mass is 293 g/mol. The Morgan fingerprint density at radius 3 is 2.90 bits per heavy atom. The van der Waals surface area contributed by atoms with Gasteiger partial charge in [-0.3, -0.25) is 14.9 Å². The smallest absolute Gasteiger partial charge is 0.282 e. The Balaban J connectivity index is 1.79. The van der Waals surface area contributed by atoms with Crippen LogP contribution in [0.2, 0.25) is 0 Å². The number of nitrogens with zero attached hydrogens (tertiary/aromatic N) is 1. The molecule has 1 aliphatic carbocycles. The van der Waals surface area contributed by atoms with E-state index in [1.165, 1.54) is 31.0 Å². The van der Waals surface area contributed by atoms with Crippen LogP contribution in [0.4, 0.5) is 11.4 Å². The van der Waals surface area contributed by atoms with Crippen molar-refractivity contribution in [3.63, 3.8) is 0 Å². The maximum absolute atomic E-state index is 12.0. The summed E-state index contributed by atoms with van der Waals surface area (Å²) in [6.45, 7) is 1.78. The van der Waals surface area contributed by atoms with Crippen LogP contribution in [-0.4, -0.2) is 30.6 Å². The Morgan fingerprint density at radius 2 is 2.24 bits per heavy atom. The van der Waals surface area contributed by atoms with Crippen LogP contribution in [0.3, 0.4) is 0 Å². The molecule has 0 aliphatic heterocycles. The first kappa shape index (κ1) is 15.2. The molecular weight excluding hydrogens is 274 g/mol. The first-order chi connectivity index (χ1) is 10.1. The molecule has 114 valence electrons. The van der Waals surface area contributed by atoms with Gasteiger partial charge in [-0.2, -0.15) is 0 Å². The molecule has 0 atom stereocenters. The molecule has 1 fully saturated rings. The summed E-state index contributed by atoms with van der Waals surface area (Å²) < 4.78 is 5.45. The highest BCUT2D eigenvalue weighted by Gasteiger charge is 2.21. The molecule has 1 aliphatic rings. The van der Waals surface area contributed by atoms with E-state index in [1.54, 1.807) is 0 Å². The predicted molar refractivity (Wildman–Crippen MR) is 78.0 cm³/mol. The molecule has 0 aromatic heterocycles. The number of rotatable bonds is 8. The number of nitrogens with two attached hydrogens (primary N) is 1. The van der Waals surface area contributed by atoms with Crippen molar-refractivity contribution in [2.45, 2.75) is 19.3 Å². The van der Waals surface area contributed by atoms with E-state index in [1.807, 2.05) is 0 Å². The molecule has 1 amide bonds. The highest BCUT2D eigenvalue weighted by Crippen LogP contribution is 2.28. The van der Waals surface area contributed by atoms with Gasteiger partial charge < -0.3 is 15.8 Å². The van der Waals surface area contributed by atoms with Gasteiger partial charge in [-0.15, -0.1) is 0 Å². The number of nitrogens with one attached hydrogen (secondary N) is 1. The minimum atomic E-state index is -0.590. The summed E-state index contributed by atoms with van der Waals surface area (Å²) >= 11 is 0. The maximum Gasteiger partial charge on any atom is 0.282 e. The van der Waals surface area contributed by atoms with Crippen LogP contribution in [0.25, 0.3) is 0 Å². The van der Waals surface area contributed by atoms with Gasteiger partial charge in [0, 0.05) is 31.5 Å². The van der Waals surface area contributed by atoms with Crippen LogP contribution in [0.15, 0.2) is 18.2 Å². The zero-order valence-electron chi connectivity index (χ0n) is 11.7. The quantitative estimate of drug-likeness (QED) is 0.328.